The third-order valence-electron chi connectivity index (χ3n) is 3.57. The lowest BCUT2D eigenvalue weighted by Crippen LogP contribution is -2.47. The molecule has 1 atom stereocenters. The highest BCUT2D eigenvalue weighted by molar-refractivity contribution is 5.81. The minimum Gasteiger partial charge on any atom is -0.489 e. The minimum absolute atomic E-state index is 0.159. The van der Waals surface area contributed by atoms with Crippen molar-refractivity contribution in [3.05, 3.63) is 30.1 Å². The number of hydrogen-bond donors (Lipinski definition) is 2. The van der Waals surface area contributed by atoms with Crippen molar-refractivity contribution >= 4 is 5.91 Å². The van der Waals surface area contributed by atoms with E-state index in [2.05, 4.69) is 5.32 Å². The third kappa shape index (κ3) is 4.68. The molecule has 2 rings (SSSR count). The van der Waals surface area contributed by atoms with Gasteiger partial charge in [0.2, 0.25) is 5.91 Å². The van der Waals surface area contributed by atoms with Gasteiger partial charge in [0, 0.05) is 13.2 Å². The summed E-state index contributed by atoms with van der Waals surface area (Å²) in [6, 6.07) is 5.64. The van der Waals surface area contributed by atoms with Gasteiger partial charge >= 0.3 is 0 Å². The second-order valence-electron chi connectivity index (χ2n) is 5.05. The molecule has 0 radical (unpaired) electrons. The lowest BCUT2D eigenvalue weighted by Gasteiger charge is -2.26. The molecule has 1 fully saturated rings. The first-order valence-corrected chi connectivity index (χ1v) is 7.17. The molecule has 6 heteroatoms. The highest BCUT2D eigenvalue weighted by Gasteiger charge is 2.26. The Bertz CT molecular complexity index is 464. The topological polar surface area (TPSA) is 73.6 Å². The summed E-state index contributed by atoms with van der Waals surface area (Å²) in [6.45, 7) is 1.81. The van der Waals surface area contributed by atoms with E-state index in [0.717, 1.165) is 12.8 Å². The van der Waals surface area contributed by atoms with Crippen molar-refractivity contribution < 1.29 is 18.7 Å². The summed E-state index contributed by atoms with van der Waals surface area (Å²) < 4.78 is 23.8. The van der Waals surface area contributed by atoms with Gasteiger partial charge in [0.1, 0.15) is 6.61 Å². The van der Waals surface area contributed by atoms with E-state index >= 15 is 0 Å². The maximum atomic E-state index is 13.3. The van der Waals surface area contributed by atoms with E-state index in [0.29, 0.717) is 19.8 Å². The maximum Gasteiger partial charge on any atom is 0.237 e. The zero-order chi connectivity index (χ0) is 15.1. The standard InChI is InChI=1S/C15H21FN2O3/c16-12-3-1-2-4-13(12)21-10-7-18-15(19)14(17)11-5-8-20-9-6-11/h1-4,11,14H,5-10,17H2,(H,18,19). The van der Waals surface area contributed by atoms with Crippen molar-refractivity contribution in [3.8, 4) is 5.75 Å². The van der Waals surface area contributed by atoms with E-state index in [1.54, 1.807) is 18.2 Å². The molecule has 1 unspecified atom stereocenters. The molecular formula is C15H21FN2O3. The number of halogens is 1. The molecule has 3 N–H and O–H groups in total. The van der Waals surface area contributed by atoms with Crippen molar-refractivity contribution in [1.29, 1.82) is 0 Å². The number of para-hydroxylation sites is 1. The fraction of sp³-hybridized carbons (Fsp3) is 0.533. The molecule has 1 aliphatic heterocycles. The fourth-order valence-corrected chi connectivity index (χ4v) is 2.30. The Kier molecular flexibility index (Phi) is 5.95. The van der Waals surface area contributed by atoms with Crippen LogP contribution in [-0.2, 0) is 9.53 Å². The van der Waals surface area contributed by atoms with Crippen molar-refractivity contribution in [2.45, 2.75) is 18.9 Å². The number of rotatable bonds is 6. The van der Waals surface area contributed by atoms with Crippen LogP contribution in [0, 0.1) is 11.7 Å². The maximum absolute atomic E-state index is 13.3. The predicted molar refractivity (Wildman–Crippen MR) is 76.4 cm³/mol. The first-order valence-electron chi connectivity index (χ1n) is 7.17. The van der Waals surface area contributed by atoms with Gasteiger partial charge in [-0.1, -0.05) is 12.1 Å². The number of ether oxygens (including phenoxy) is 2. The van der Waals surface area contributed by atoms with Crippen LogP contribution in [0.1, 0.15) is 12.8 Å². The molecule has 1 amide bonds. The molecule has 1 aromatic rings. The molecule has 116 valence electrons. The van der Waals surface area contributed by atoms with E-state index in [-0.39, 0.29) is 24.2 Å². The summed E-state index contributed by atoms with van der Waals surface area (Å²) in [5.41, 5.74) is 5.94. The number of nitrogens with one attached hydrogen (secondary N) is 1. The summed E-state index contributed by atoms with van der Waals surface area (Å²) in [5, 5.41) is 2.72. The van der Waals surface area contributed by atoms with Crippen LogP contribution in [0.3, 0.4) is 0 Å². The van der Waals surface area contributed by atoms with Crippen molar-refractivity contribution in [2.24, 2.45) is 11.7 Å². The van der Waals surface area contributed by atoms with Gasteiger partial charge in [0.15, 0.2) is 11.6 Å². The van der Waals surface area contributed by atoms with Crippen LogP contribution in [0.15, 0.2) is 24.3 Å². The Morgan fingerprint density at radius 1 is 1.43 bits per heavy atom. The largest absolute Gasteiger partial charge is 0.489 e. The lowest BCUT2D eigenvalue weighted by molar-refractivity contribution is -0.124. The lowest BCUT2D eigenvalue weighted by atomic mass is 9.92. The molecule has 0 bridgehead atoms. The Morgan fingerprint density at radius 3 is 2.86 bits per heavy atom. The molecule has 5 nitrogen and oxygen atoms in total. The van der Waals surface area contributed by atoms with E-state index in [1.165, 1.54) is 6.07 Å². The normalized spacial score (nSPS) is 17.2. The summed E-state index contributed by atoms with van der Waals surface area (Å²) >= 11 is 0. The molecule has 1 saturated heterocycles. The van der Waals surface area contributed by atoms with Crippen LogP contribution in [0.2, 0.25) is 0 Å². The second-order valence-corrected chi connectivity index (χ2v) is 5.05. The summed E-state index contributed by atoms with van der Waals surface area (Å²) in [7, 11) is 0. The molecule has 1 aliphatic rings. The Hall–Kier alpha value is -1.66. The molecule has 0 spiro atoms. The fourth-order valence-electron chi connectivity index (χ4n) is 2.30. The summed E-state index contributed by atoms with van der Waals surface area (Å²) in [5.74, 6) is -0.270. The Morgan fingerprint density at radius 2 is 2.14 bits per heavy atom. The number of benzene rings is 1. The molecular weight excluding hydrogens is 275 g/mol. The number of amides is 1. The SMILES string of the molecule is NC(C(=O)NCCOc1ccccc1F)C1CCOCC1. The van der Waals surface area contributed by atoms with Gasteiger partial charge < -0.3 is 20.5 Å². The van der Waals surface area contributed by atoms with Crippen molar-refractivity contribution in [1.82, 2.24) is 5.32 Å². The molecule has 0 aromatic heterocycles. The monoisotopic (exact) mass is 296 g/mol. The second kappa shape index (κ2) is 7.95. The molecule has 1 heterocycles. The van der Waals surface area contributed by atoms with Gasteiger partial charge in [-0.05, 0) is 30.9 Å². The number of hydrogen-bond acceptors (Lipinski definition) is 4. The highest BCUT2D eigenvalue weighted by atomic mass is 19.1. The van der Waals surface area contributed by atoms with Gasteiger partial charge in [-0.2, -0.15) is 0 Å². The van der Waals surface area contributed by atoms with Crippen LogP contribution in [-0.4, -0.2) is 38.3 Å². The van der Waals surface area contributed by atoms with E-state index in [4.69, 9.17) is 15.2 Å². The zero-order valence-electron chi connectivity index (χ0n) is 11.9. The summed E-state index contributed by atoms with van der Waals surface area (Å²) in [6.07, 6.45) is 1.61. The van der Waals surface area contributed by atoms with Gasteiger partial charge in [-0.25, -0.2) is 4.39 Å². The summed E-state index contributed by atoms with van der Waals surface area (Å²) in [4.78, 5) is 11.9. The van der Waals surface area contributed by atoms with Crippen LogP contribution < -0.4 is 15.8 Å². The smallest absolute Gasteiger partial charge is 0.237 e. The van der Waals surface area contributed by atoms with Crippen LogP contribution in [0.5, 0.6) is 5.75 Å². The van der Waals surface area contributed by atoms with E-state index in [9.17, 15) is 9.18 Å². The molecule has 21 heavy (non-hydrogen) atoms. The quantitative estimate of drug-likeness (QED) is 0.770. The molecule has 0 aliphatic carbocycles. The highest BCUT2D eigenvalue weighted by Crippen LogP contribution is 2.17. The number of carbonyl (C=O) groups is 1. The average Bonchev–Trinajstić information content (AvgIpc) is 2.53. The first kappa shape index (κ1) is 15.7. The van der Waals surface area contributed by atoms with Crippen molar-refractivity contribution in [2.75, 3.05) is 26.4 Å². The van der Waals surface area contributed by atoms with E-state index in [1.807, 2.05) is 0 Å². The number of nitrogens with two attached hydrogens (primary N) is 1. The van der Waals surface area contributed by atoms with Gasteiger partial charge in [0.25, 0.3) is 0 Å². The van der Waals surface area contributed by atoms with Crippen molar-refractivity contribution in [3.63, 3.8) is 0 Å². The minimum atomic E-state index is -0.526. The Balaban J connectivity index is 1.68. The predicted octanol–water partition coefficient (Wildman–Crippen LogP) is 1.07. The molecule has 1 aromatic carbocycles. The molecule has 0 saturated carbocycles. The average molecular weight is 296 g/mol. The van der Waals surface area contributed by atoms with E-state index < -0.39 is 11.9 Å². The third-order valence-corrected chi connectivity index (χ3v) is 3.57. The first-order chi connectivity index (χ1) is 10.2. The zero-order valence-corrected chi connectivity index (χ0v) is 11.9. The van der Waals surface area contributed by atoms with Gasteiger partial charge in [-0.3, -0.25) is 4.79 Å². The number of carbonyl (C=O) groups excluding carboxylic acids is 1. The van der Waals surface area contributed by atoms with Crippen LogP contribution >= 0.6 is 0 Å². The van der Waals surface area contributed by atoms with Crippen LogP contribution in [0.25, 0.3) is 0 Å². The van der Waals surface area contributed by atoms with Gasteiger partial charge in [0.05, 0.1) is 12.6 Å². The van der Waals surface area contributed by atoms with Crippen LogP contribution in [0.4, 0.5) is 4.39 Å². The van der Waals surface area contributed by atoms with Gasteiger partial charge in [-0.15, -0.1) is 0 Å². The Labute approximate surface area is 123 Å².